The zero-order valence-electron chi connectivity index (χ0n) is 14.0. The Morgan fingerprint density at radius 3 is 2.54 bits per heavy atom. The van der Waals surface area contributed by atoms with E-state index in [0.29, 0.717) is 21.5 Å². The van der Waals surface area contributed by atoms with Crippen LogP contribution in [0.3, 0.4) is 0 Å². The highest BCUT2D eigenvalue weighted by atomic mass is 35.5. The van der Waals surface area contributed by atoms with Crippen LogP contribution in [0.1, 0.15) is 0 Å². The lowest BCUT2D eigenvalue weighted by Gasteiger charge is -2.35. The van der Waals surface area contributed by atoms with Gasteiger partial charge in [0.25, 0.3) is 5.91 Å². The summed E-state index contributed by atoms with van der Waals surface area (Å²) in [5.41, 5.74) is 1.11. The quantitative estimate of drug-likeness (QED) is 0.837. The smallest absolute Gasteiger partial charge is 0.262 e. The number of likely N-dealkylation sites (N-methyl/N-ethyl adjacent to an activating group) is 1. The van der Waals surface area contributed by atoms with Gasteiger partial charge < -0.3 is 20.3 Å². The minimum absolute atomic E-state index is 0.0232. The molecule has 0 bridgehead atoms. The van der Waals surface area contributed by atoms with Gasteiger partial charge in [-0.15, -0.1) is 0 Å². The lowest BCUT2D eigenvalue weighted by atomic mass is 10.1. The summed E-state index contributed by atoms with van der Waals surface area (Å²) in [6.45, 7) is 0.274. The molecular weight excluding hydrogens is 377 g/mol. The molecule has 1 heterocycles. The molecule has 1 aliphatic rings. The molecule has 136 valence electrons. The van der Waals surface area contributed by atoms with Crippen molar-refractivity contribution in [2.24, 2.45) is 0 Å². The summed E-state index contributed by atoms with van der Waals surface area (Å²) in [5, 5.41) is 6.01. The summed E-state index contributed by atoms with van der Waals surface area (Å²) >= 11 is 12.2. The summed E-state index contributed by atoms with van der Waals surface area (Å²) in [7, 11) is 1.54. The summed E-state index contributed by atoms with van der Waals surface area (Å²) in [5.74, 6) is 0.00217. The van der Waals surface area contributed by atoms with Crippen molar-refractivity contribution in [2.75, 3.05) is 30.4 Å². The summed E-state index contributed by atoms with van der Waals surface area (Å²) in [4.78, 5) is 26.3. The lowest BCUT2D eigenvalue weighted by Crippen LogP contribution is -2.50. The van der Waals surface area contributed by atoms with Gasteiger partial charge in [0.1, 0.15) is 5.75 Å². The Kier molecular flexibility index (Phi) is 5.54. The molecule has 2 amide bonds. The highest BCUT2D eigenvalue weighted by molar-refractivity contribution is 6.39. The third-order valence-electron chi connectivity index (χ3n) is 3.96. The van der Waals surface area contributed by atoms with E-state index in [1.54, 1.807) is 36.2 Å². The van der Waals surface area contributed by atoms with E-state index in [9.17, 15) is 9.59 Å². The van der Waals surface area contributed by atoms with Crippen LogP contribution in [0.5, 0.6) is 5.75 Å². The molecule has 1 unspecified atom stereocenters. The highest BCUT2D eigenvalue weighted by Crippen LogP contribution is 2.33. The van der Waals surface area contributed by atoms with Gasteiger partial charge in [0.15, 0.2) is 6.10 Å². The van der Waals surface area contributed by atoms with Gasteiger partial charge in [0.2, 0.25) is 5.91 Å². The van der Waals surface area contributed by atoms with E-state index in [4.69, 9.17) is 27.9 Å². The monoisotopic (exact) mass is 393 g/mol. The molecule has 0 radical (unpaired) electrons. The zero-order valence-corrected chi connectivity index (χ0v) is 15.5. The second-order valence-corrected chi connectivity index (χ2v) is 6.53. The van der Waals surface area contributed by atoms with E-state index in [-0.39, 0.29) is 24.9 Å². The number of carbonyl (C=O) groups excluding carboxylic acids is 2. The van der Waals surface area contributed by atoms with Gasteiger partial charge in [-0.05, 0) is 24.3 Å². The van der Waals surface area contributed by atoms with Crippen LogP contribution in [0.2, 0.25) is 10.0 Å². The molecule has 2 aromatic carbocycles. The maximum atomic E-state index is 12.5. The maximum absolute atomic E-state index is 12.5. The number of nitrogens with one attached hydrogen (secondary N) is 2. The summed E-state index contributed by atoms with van der Waals surface area (Å²) in [6, 6.07) is 12.3. The molecule has 1 atom stereocenters. The summed E-state index contributed by atoms with van der Waals surface area (Å²) in [6.07, 6.45) is -0.702. The average Bonchev–Trinajstić information content (AvgIpc) is 2.64. The van der Waals surface area contributed by atoms with Crippen molar-refractivity contribution in [1.29, 1.82) is 0 Å². The van der Waals surface area contributed by atoms with Crippen molar-refractivity contribution in [2.45, 2.75) is 6.10 Å². The number of anilines is 2. The zero-order chi connectivity index (χ0) is 18.7. The van der Waals surface area contributed by atoms with Gasteiger partial charge in [-0.1, -0.05) is 41.4 Å². The first-order chi connectivity index (χ1) is 12.5. The van der Waals surface area contributed by atoms with Crippen LogP contribution in [0.25, 0.3) is 0 Å². The van der Waals surface area contributed by atoms with Gasteiger partial charge in [-0.2, -0.15) is 0 Å². The standard InChI is InChI=1S/C18H17Cl2N3O3/c1-21-18(25)15-9-23(13-7-2-3-8-14(13)26-15)10-16(24)22-17-11(19)5-4-6-12(17)20/h2-8,15H,9-10H2,1H3,(H,21,25)(H,22,24). The molecule has 26 heavy (non-hydrogen) atoms. The molecule has 3 rings (SSSR count). The van der Waals surface area contributed by atoms with Crippen LogP contribution in [0, 0.1) is 0 Å². The Morgan fingerprint density at radius 1 is 1.15 bits per heavy atom. The minimum Gasteiger partial charge on any atom is -0.477 e. The average molecular weight is 394 g/mol. The molecule has 0 fully saturated rings. The van der Waals surface area contributed by atoms with Crippen LogP contribution in [0.4, 0.5) is 11.4 Å². The Labute approximate surface area is 161 Å². The van der Waals surface area contributed by atoms with Crippen molar-refractivity contribution < 1.29 is 14.3 Å². The number of hydrogen-bond donors (Lipinski definition) is 2. The highest BCUT2D eigenvalue weighted by Gasteiger charge is 2.31. The largest absolute Gasteiger partial charge is 0.477 e. The fourth-order valence-electron chi connectivity index (χ4n) is 2.72. The van der Waals surface area contributed by atoms with E-state index in [1.165, 1.54) is 0 Å². The molecule has 8 heteroatoms. The van der Waals surface area contributed by atoms with Crippen molar-refractivity contribution in [3.8, 4) is 5.75 Å². The van der Waals surface area contributed by atoms with E-state index in [1.807, 2.05) is 18.2 Å². The van der Waals surface area contributed by atoms with Gasteiger partial charge >= 0.3 is 0 Å². The molecular formula is C18H17Cl2N3O3. The first kappa shape index (κ1) is 18.4. The van der Waals surface area contributed by atoms with Crippen LogP contribution >= 0.6 is 23.2 Å². The fourth-order valence-corrected chi connectivity index (χ4v) is 3.22. The number of rotatable bonds is 4. The number of nitrogens with zero attached hydrogens (tertiary/aromatic N) is 1. The van der Waals surface area contributed by atoms with Crippen LogP contribution in [-0.2, 0) is 9.59 Å². The van der Waals surface area contributed by atoms with Gasteiger partial charge in [-0.3, -0.25) is 9.59 Å². The first-order valence-corrected chi connectivity index (χ1v) is 8.71. The fraction of sp³-hybridized carbons (Fsp3) is 0.222. The second-order valence-electron chi connectivity index (χ2n) is 5.71. The van der Waals surface area contributed by atoms with Crippen molar-refractivity contribution >= 4 is 46.4 Å². The SMILES string of the molecule is CNC(=O)C1CN(CC(=O)Nc2c(Cl)cccc2Cl)c2ccccc2O1. The number of ether oxygens (including phenoxy) is 1. The predicted molar refractivity (Wildman–Crippen MR) is 102 cm³/mol. The van der Waals surface area contributed by atoms with Crippen molar-refractivity contribution in [3.05, 3.63) is 52.5 Å². The number of para-hydroxylation sites is 3. The van der Waals surface area contributed by atoms with E-state index < -0.39 is 6.10 Å². The van der Waals surface area contributed by atoms with Gasteiger partial charge in [0, 0.05) is 7.05 Å². The van der Waals surface area contributed by atoms with E-state index >= 15 is 0 Å². The Morgan fingerprint density at radius 2 is 1.85 bits per heavy atom. The van der Waals surface area contributed by atoms with Crippen LogP contribution < -0.4 is 20.3 Å². The van der Waals surface area contributed by atoms with Crippen LogP contribution in [-0.4, -0.2) is 38.1 Å². The number of fused-ring (bicyclic) bond motifs is 1. The third-order valence-corrected chi connectivity index (χ3v) is 4.59. The van der Waals surface area contributed by atoms with E-state index in [2.05, 4.69) is 10.6 Å². The number of hydrogen-bond acceptors (Lipinski definition) is 4. The molecule has 1 aliphatic heterocycles. The maximum Gasteiger partial charge on any atom is 0.262 e. The number of amides is 2. The molecule has 0 saturated carbocycles. The van der Waals surface area contributed by atoms with Gasteiger partial charge in [-0.25, -0.2) is 0 Å². The molecule has 6 nitrogen and oxygen atoms in total. The third kappa shape index (κ3) is 3.86. The molecule has 0 aliphatic carbocycles. The van der Waals surface area contributed by atoms with Crippen molar-refractivity contribution in [3.63, 3.8) is 0 Å². The molecule has 2 N–H and O–H groups in total. The Balaban J connectivity index is 1.79. The van der Waals surface area contributed by atoms with Gasteiger partial charge in [0.05, 0.1) is 34.5 Å². The molecule has 0 spiro atoms. The Hall–Kier alpha value is -2.44. The molecule has 2 aromatic rings. The number of carbonyl (C=O) groups is 2. The number of benzene rings is 2. The molecule has 0 aromatic heterocycles. The second kappa shape index (κ2) is 7.85. The Bertz CT molecular complexity index is 824. The predicted octanol–water partition coefficient (Wildman–Crippen LogP) is 2.95. The van der Waals surface area contributed by atoms with E-state index in [0.717, 1.165) is 5.69 Å². The van der Waals surface area contributed by atoms with Crippen LogP contribution in [0.15, 0.2) is 42.5 Å². The topological polar surface area (TPSA) is 70.7 Å². The first-order valence-electron chi connectivity index (χ1n) is 7.95. The minimum atomic E-state index is -0.702. The van der Waals surface area contributed by atoms with Crippen molar-refractivity contribution in [1.82, 2.24) is 5.32 Å². The molecule has 0 saturated heterocycles. The normalized spacial score (nSPS) is 15.7. The number of halogens is 2. The summed E-state index contributed by atoms with van der Waals surface area (Å²) < 4.78 is 5.73. The lowest BCUT2D eigenvalue weighted by molar-refractivity contribution is -0.127.